The smallest absolute Gasteiger partial charge is 0.153 e. The van der Waals surface area contributed by atoms with Crippen LogP contribution in [-0.2, 0) is 6.61 Å². The minimum atomic E-state index is 0.140. The highest BCUT2D eigenvalue weighted by Crippen LogP contribution is 2.33. The second-order valence-corrected chi connectivity index (χ2v) is 5.55. The van der Waals surface area contributed by atoms with E-state index < -0.39 is 0 Å². The summed E-state index contributed by atoms with van der Waals surface area (Å²) in [5, 5.41) is 1.47. The van der Waals surface area contributed by atoms with Crippen LogP contribution in [-0.4, -0.2) is 6.29 Å². The third-order valence-corrected chi connectivity index (χ3v) is 3.92. The predicted octanol–water partition coefficient (Wildman–Crippen LogP) is 5.69. The van der Waals surface area contributed by atoms with Gasteiger partial charge in [-0.15, -0.1) is 0 Å². The number of halogens is 4. The molecule has 0 aromatic heterocycles. The number of aldehydes is 1. The molecule has 6 heteroatoms. The van der Waals surface area contributed by atoms with Gasteiger partial charge in [-0.1, -0.05) is 58.5 Å². The Morgan fingerprint density at radius 3 is 2.50 bits per heavy atom. The van der Waals surface area contributed by atoms with Gasteiger partial charge in [0.25, 0.3) is 0 Å². The summed E-state index contributed by atoms with van der Waals surface area (Å²) in [5.74, 6) is 0.266. The Kier molecular flexibility index (Phi) is 5.17. The van der Waals surface area contributed by atoms with Crippen LogP contribution in [0.25, 0.3) is 0 Å². The molecule has 0 atom stereocenters. The zero-order valence-corrected chi connectivity index (χ0v) is 13.0. The first-order valence-corrected chi connectivity index (χ1v) is 7.04. The molecule has 2 aromatic rings. The summed E-state index contributed by atoms with van der Waals surface area (Å²) in [6.45, 7) is 0.140. The summed E-state index contributed by atoms with van der Waals surface area (Å²) in [4.78, 5) is 11.0. The van der Waals surface area contributed by atoms with E-state index in [-0.39, 0.29) is 22.9 Å². The monoisotopic (exact) mass is 348 g/mol. The first-order valence-electron chi connectivity index (χ1n) is 5.53. The number of hydrogen-bond acceptors (Lipinski definition) is 2. The first kappa shape index (κ1) is 15.5. The van der Waals surface area contributed by atoms with Gasteiger partial charge in [0.05, 0.1) is 20.6 Å². The molecule has 0 heterocycles. The minimum absolute atomic E-state index is 0.140. The average Bonchev–Trinajstić information content (AvgIpc) is 2.41. The molecule has 0 amide bonds. The fourth-order valence-corrected chi connectivity index (χ4v) is 2.57. The summed E-state index contributed by atoms with van der Waals surface area (Å²) in [6.07, 6.45) is 0.632. The molecule has 104 valence electrons. The maximum absolute atomic E-state index is 11.0. The molecule has 0 aliphatic rings. The van der Waals surface area contributed by atoms with Gasteiger partial charge in [-0.25, -0.2) is 0 Å². The second kappa shape index (κ2) is 6.68. The average molecular weight is 350 g/mol. The van der Waals surface area contributed by atoms with Gasteiger partial charge in [-0.3, -0.25) is 4.79 Å². The molecule has 2 nitrogen and oxygen atoms in total. The molecule has 2 aromatic carbocycles. The van der Waals surface area contributed by atoms with Crippen molar-refractivity contribution in [3.05, 3.63) is 61.5 Å². The Morgan fingerprint density at radius 1 is 1.05 bits per heavy atom. The van der Waals surface area contributed by atoms with Crippen LogP contribution >= 0.6 is 46.4 Å². The fraction of sp³-hybridized carbons (Fsp3) is 0.0714. The molecule has 0 saturated heterocycles. The topological polar surface area (TPSA) is 26.3 Å². The van der Waals surface area contributed by atoms with Crippen molar-refractivity contribution < 1.29 is 9.53 Å². The van der Waals surface area contributed by atoms with Gasteiger partial charge in [0.15, 0.2) is 6.29 Å². The Bertz CT molecular complexity index is 656. The molecule has 0 fully saturated rings. The normalized spacial score (nSPS) is 10.4. The zero-order chi connectivity index (χ0) is 14.7. The van der Waals surface area contributed by atoms with Gasteiger partial charge in [-0.05, 0) is 18.2 Å². The van der Waals surface area contributed by atoms with E-state index in [0.29, 0.717) is 26.9 Å². The molecule has 0 aliphatic heterocycles. The van der Waals surface area contributed by atoms with Gasteiger partial charge in [0, 0.05) is 10.6 Å². The van der Waals surface area contributed by atoms with Crippen molar-refractivity contribution in [3.8, 4) is 5.75 Å². The molecule has 0 bridgehead atoms. The van der Waals surface area contributed by atoms with E-state index in [2.05, 4.69) is 0 Å². The van der Waals surface area contributed by atoms with E-state index in [1.807, 2.05) is 0 Å². The summed E-state index contributed by atoms with van der Waals surface area (Å²) in [5.41, 5.74) is 0.975. The largest absolute Gasteiger partial charge is 0.487 e. The van der Waals surface area contributed by atoms with Crippen molar-refractivity contribution in [1.29, 1.82) is 0 Å². The van der Waals surface area contributed by atoms with Gasteiger partial charge >= 0.3 is 0 Å². The maximum atomic E-state index is 11.0. The van der Waals surface area contributed by atoms with Crippen molar-refractivity contribution in [2.45, 2.75) is 6.61 Å². The highest BCUT2D eigenvalue weighted by atomic mass is 35.5. The van der Waals surface area contributed by atoms with Crippen molar-refractivity contribution in [1.82, 2.24) is 0 Å². The highest BCUT2D eigenvalue weighted by Gasteiger charge is 2.12. The van der Waals surface area contributed by atoms with Crippen molar-refractivity contribution >= 4 is 52.7 Å². The molecule has 0 N–H and O–H groups in total. The molecular formula is C14H8Cl4O2. The maximum Gasteiger partial charge on any atom is 0.153 e. The Labute approximate surface area is 136 Å². The van der Waals surface area contributed by atoms with Gasteiger partial charge in [-0.2, -0.15) is 0 Å². The second-order valence-electron chi connectivity index (χ2n) is 3.93. The zero-order valence-electron chi connectivity index (χ0n) is 10.00. The molecule has 0 unspecified atom stereocenters. The third kappa shape index (κ3) is 3.39. The Morgan fingerprint density at radius 2 is 1.80 bits per heavy atom. The molecule has 0 aliphatic carbocycles. The molecule has 0 saturated carbocycles. The van der Waals surface area contributed by atoms with Crippen LogP contribution in [0.5, 0.6) is 5.75 Å². The van der Waals surface area contributed by atoms with Crippen LogP contribution in [0.3, 0.4) is 0 Å². The van der Waals surface area contributed by atoms with Crippen LogP contribution in [0.2, 0.25) is 20.1 Å². The fourth-order valence-electron chi connectivity index (χ4n) is 1.63. The molecule has 0 radical (unpaired) electrons. The van der Waals surface area contributed by atoms with E-state index in [0.717, 1.165) is 0 Å². The van der Waals surface area contributed by atoms with Gasteiger partial charge in [0.1, 0.15) is 12.4 Å². The molecular weight excluding hydrogens is 342 g/mol. The highest BCUT2D eigenvalue weighted by molar-refractivity contribution is 6.42. The number of carbonyl (C=O) groups excluding carboxylic acids is 1. The SMILES string of the molecule is O=Cc1cc(Cl)cc(Cl)c1OCc1cccc(Cl)c1Cl. The van der Waals surface area contributed by atoms with Crippen molar-refractivity contribution in [2.24, 2.45) is 0 Å². The molecule has 2 rings (SSSR count). The Balaban J connectivity index is 2.27. The van der Waals surface area contributed by atoms with E-state index in [9.17, 15) is 4.79 Å². The third-order valence-electron chi connectivity index (χ3n) is 2.57. The van der Waals surface area contributed by atoms with Gasteiger partial charge in [0.2, 0.25) is 0 Å². The number of benzene rings is 2. The molecule has 0 spiro atoms. The van der Waals surface area contributed by atoms with Crippen LogP contribution in [0.4, 0.5) is 0 Å². The van der Waals surface area contributed by atoms with E-state index >= 15 is 0 Å². The lowest BCUT2D eigenvalue weighted by Crippen LogP contribution is -2.00. The molecule has 20 heavy (non-hydrogen) atoms. The Hall–Kier alpha value is -0.930. The predicted molar refractivity (Wildman–Crippen MR) is 82.6 cm³/mol. The van der Waals surface area contributed by atoms with Crippen LogP contribution < -0.4 is 4.74 Å². The minimum Gasteiger partial charge on any atom is -0.487 e. The standard InChI is InChI=1S/C14H8Cl4O2/c15-10-4-9(6-19)14(12(17)5-10)20-7-8-2-1-3-11(16)13(8)18/h1-6H,7H2. The number of rotatable bonds is 4. The number of hydrogen-bond donors (Lipinski definition) is 0. The lowest BCUT2D eigenvalue weighted by molar-refractivity contribution is 0.111. The summed E-state index contributed by atoms with van der Waals surface area (Å²) >= 11 is 23.8. The first-order chi connectivity index (χ1) is 9.52. The van der Waals surface area contributed by atoms with Crippen molar-refractivity contribution in [3.63, 3.8) is 0 Å². The lowest BCUT2D eigenvalue weighted by Gasteiger charge is -2.12. The van der Waals surface area contributed by atoms with E-state index in [1.54, 1.807) is 18.2 Å². The summed E-state index contributed by atoms with van der Waals surface area (Å²) in [6, 6.07) is 8.20. The van der Waals surface area contributed by atoms with Crippen LogP contribution in [0.15, 0.2) is 30.3 Å². The summed E-state index contributed by atoms with van der Waals surface area (Å²) in [7, 11) is 0. The number of carbonyl (C=O) groups is 1. The van der Waals surface area contributed by atoms with Crippen LogP contribution in [0.1, 0.15) is 15.9 Å². The van der Waals surface area contributed by atoms with Gasteiger partial charge < -0.3 is 4.74 Å². The summed E-state index contributed by atoms with van der Waals surface area (Å²) < 4.78 is 5.57. The van der Waals surface area contributed by atoms with Crippen molar-refractivity contribution in [2.75, 3.05) is 0 Å². The van der Waals surface area contributed by atoms with Crippen LogP contribution in [0, 0.1) is 0 Å². The quantitative estimate of drug-likeness (QED) is 0.662. The van der Waals surface area contributed by atoms with E-state index in [4.69, 9.17) is 51.1 Å². The number of ether oxygens (including phenoxy) is 1. The lowest BCUT2D eigenvalue weighted by atomic mass is 10.2. The van der Waals surface area contributed by atoms with E-state index in [1.165, 1.54) is 12.1 Å².